The number of hydrogen-bond acceptors (Lipinski definition) is 8. The maximum absolute atomic E-state index is 13.6. The number of carbonyl (C=O) groups is 1. The first kappa shape index (κ1) is 28.2. The lowest BCUT2D eigenvalue weighted by Gasteiger charge is -2.41. The quantitative estimate of drug-likeness (QED) is 0.388. The normalized spacial score (nSPS) is 17.9. The van der Waals surface area contributed by atoms with Crippen LogP contribution in [0.15, 0.2) is 48.8 Å². The Bertz CT molecular complexity index is 1370. The number of carbonyl (C=O) groups excluding carboxylic acids is 1. The van der Waals surface area contributed by atoms with E-state index < -0.39 is 5.82 Å². The van der Waals surface area contributed by atoms with Crippen LogP contribution in [0, 0.1) is 5.82 Å². The fourth-order valence-electron chi connectivity index (χ4n) is 5.30. The van der Waals surface area contributed by atoms with Crippen LogP contribution in [0.5, 0.6) is 5.75 Å². The molecule has 2 aromatic carbocycles. The number of amides is 1. The van der Waals surface area contributed by atoms with Crippen LogP contribution in [0.4, 0.5) is 21.6 Å². The third-order valence-electron chi connectivity index (χ3n) is 7.64. The lowest BCUT2D eigenvalue weighted by molar-refractivity contribution is -0.111. The van der Waals surface area contributed by atoms with E-state index in [1.54, 1.807) is 31.4 Å². The van der Waals surface area contributed by atoms with Crippen molar-refractivity contribution >= 4 is 45.6 Å². The minimum atomic E-state index is -0.502. The van der Waals surface area contributed by atoms with Crippen LogP contribution < -0.4 is 15.4 Å². The van der Waals surface area contributed by atoms with Gasteiger partial charge in [-0.25, -0.2) is 14.4 Å². The van der Waals surface area contributed by atoms with Crippen molar-refractivity contribution < 1.29 is 13.9 Å². The van der Waals surface area contributed by atoms with Crippen LogP contribution in [0.1, 0.15) is 12.8 Å². The van der Waals surface area contributed by atoms with E-state index in [1.165, 1.54) is 31.3 Å². The van der Waals surface area contributed by atoms with Gasteiger partial charge in [-0.2, -0.15) is 0 Å². The minimum Gasteiger partial charge on any atom is -0.494 e. The van der Waals surface area contributed by atoms with Crippen LogP contribution in [-0.4, -0.2) is 96.6 Å². The molecule has 2 fully saturated rings. The van der Waals surface area contributed by atoms with Gasteiger partial charge in [0, 0.05) is 62.0 Å². The van der Waals surface area contributed by atoms with Gasteiger partial charge in [-0.3, -0.25) is 14.6 Å². The first-order valence-electron chi connectivity index (χ1n) is 13.6. The summed E-state index contributed by atoms with van der Waals surface area (Å²) in [5, 5.41) is 6.73. The second kappa shape index (κ2) is 12.9. The van der Waals surface area contributed by atoms with Crippen molar-refractivity contribution in [3.63, 3.8) is 0 Å². The number of nitrogens with zero attached hydrogens (tertiary/aromatic N) is 5. The number of likely N-dealkylation sites (tertiary alicyclic amines) is 1. The lowest BCUT2D eigenvalue weighted by atomic mass is 10.0. The van der Waals surface area contributed by atoms with Crippen molar-refractivity contribution in [1.82, 2.24) is 24.7 Å². The number of piperazine rings is 1. The van der Waals surface area contributed by atoms with Gasteiger partial charge in [-0.05, 0) is 57.2 Å². The number of benzene rings is 2. The molecule has 0 atom stereocenters. The number of halogens is 2. The SMILES string of the molecule is COc1cc2ncnc(Nc3ccc(F)c(Cl)c3)c2cc1NC(=O)/C=C/CN1CCC(N2CCN(C)CC2)CC1. The number of likely N-dealkylation sites (N-methyl/N-ethyl adjacent to an activating group) is 1. The maximum atomic E-state index is 13.6. The molecule has 2 aliphatic rings. The number of hydrogen-bond donors (Lipinski definition) is 2. The molecule has 0 spiro atoms. The van der Waals surface area contributed by atoms with Gasteiger partial charge in [0.2, 0.25) is 5.91 Å². The fourth-order valence-corrected chi connectivity index (χ4v) is 5.48. The third-order valence-corrected chi connectivity index (χ3v) is 7.93. The first-order valence-corrected chi connectivity index (χ1v) is 13.9. The zero-order valence-electron chi connectivity index (χ0n) is 22.9. The summed E-state index contributed by atoms with van der Waals surface area (Å²) in [6.45, 7) is 7.42. The van der Waals surface area contributed by atoms with E-state index in [9.17, 15) is 9.18 Å². The van der Waals surface area contributed by atoms with Gasteiger partial charge in [-0.1, -0.05) is 17.7 Å². The Morgan fingerprint density at radius 2 is 1.90 bits per heavy atom. The van der Waals surface area contributed by atoms with Gasteiger partial charge in [0.15, 0.2) is 0 Å². The van der Waals surface area contributed by atoms with Gasteiger partial charge in [-0.15, -0.1) is 0 Å². The summed E-state index contributed by atoms with van der Waals surface area (Å²) in [7, 11) is 3.73. The summed E-state index contributed by atoms with van der Waals surface area (Å²) in [4.78, 5) is 28.9. The van der Waals surface area contributed by atoms with Gasteiger partial charge in [0.1, 0.15) is 23.7 Å². The van der Waals surface area contributed by atoms with Crippen LogP contribution in [-0.2, 0) is 4.79 Å². The average molecular weight is 568 g/mol. The number of ether oxygens (including phenoxy) is 1. The largest absolute Gasteiger partial charge is 0.494 e. The van der Waals surface area contributed by atoms with E-state index in [2.05, 4.69) is 42.3 Å². The Hall–Kier alpha value is -3.31. The summed E-state index contributed by atoms with van der Waals surface area (Å²) in [6.07, 6.45) is 7.23. The molecule has 0 aliphatic carbocycles. The molecule has 40 heavy (non-hydrogen) atoms. The van der Waals surface area contributed by atoms with Gasteiger partial charge in [0.25, 0.3) is 0 Å². The van der Waals surface area contributed by atoms with Crippen molar-refractivity contribution in [3.05, 3.63) is 59.7 Å². The predicted octanol–water partition coefficient (Wildman–Crippen LogP) is 4.38. The molecule has 0 unspecified atom stereocenters. The summed E-state index contributed by atoms with van der Waals surface area (Å²) in [6, 6.07) is 8.50. The Morgan fingerprint density at radius 3 is 2.62 bits per heavy atom. The summed E-state index contributed by atoms with van der Waals surface area (Å²) >= 11 is 5.93. The zero-order chi connectivity index (χ0) is 28.1. The highest BCUT2D eigenvalue weighted by Gasteiger charge is 2.26. The monoisotopic (exact) mass is 567 g/mol. The molecule has 212 valence electrons. The van der Waals surface area contributed by atoms with Crippen molar-refractivity contribution in [3.8, 4) is 5.75 Å². The average Bonchev–Trinajstić information content (AvgIpc) is 2.96. The van der Waals surface area contributed by atoms with E-state index in [0.29, 0.717) is 39.9 Å². The molecule has 2 aliphatic heterocycles. The highest BCUT2D eigenvalue weighted by atomic mass is 35.5. The number of nitrogens with one attached hydrogen (secondary N) is 2. The maximum Gasteiger partial charge on any atom is 0.248 e. The van der Waals surface area contributed by atoms with E-state index in [1.807, 2.05) is 6.08 Å². The van der Waals surface area contributed by atoms with Gasteiger partial charge in [0.05, 0.1) is 23.3 Å². The van der Waals surface area contributed by atoms with Crippen LogP contribution in [0.25, 0.3) is 10.9 Å². The second-order valence-corrected chi connectivity index (χ2v) is 10.7. The summed E-state index contributed by atoms with van der Waals surface area (Å²) in [5.74, 6) is 0.218. The molecule has 5 rings (SSSR count). The minimum absolute atomic E-state index is 0.00386. The molecular formula is C29H35ClFN7O2. The number of anilines is 3. The number of aromatic nitrogens is 2. The molecular weight excluding hydrogens is 533 g/mol. The van der Waals surface area contributed by atoms with Crippen LogP contribution >= 0.6 is 11.6 Å². The lowest BCUT2D eigenvalue weighted by Crippen LogP contribution is -2.52. The Morgan fingerprint density at radius 1 is 1.12 bits per heavy atom. The first-order chi connectivity index (χ1) is 19.4. The molecule has 0 radical (unpaired) electrons. The van der Waals surface area contributed by atoms with Crippen LogP contribution in [0.3, 0.4) is 0 Å². The Kier molecular flexibility index (Phi) is 9.11. The molecule has 11 heteroatoms. The molecule has 3 aromatic rings. The Labute approximate surface area is 239 Å². The van der Waals surface area contributed by atoms with Gasteiger partial charge < -0.3 is 20.3 Å². The van der Waals surface area contributed by atoms with Crippen molar-refractivity contribution in [2.24, 2.45) is 0 Å². The topological polar surface area (TPSA) is 85.9 Å². The predicted molar refractivity (Wildman–Crippen MR) is 157 cm³/mol. The molecule has 1 aromatic heterocycles. The number of piperidine rings is 1. The van der Waals surface area contributed by atoms with Crippen molar-refractivity contribution in [2.75, 3.05) is 70.6 Å². The highest BCUT2D eigenvalue weighted by molar-refractivity contribution is 6.31. The van der Waals surface area contributed by atoms with Crippen molar-refractivity contribution in [1.29, 1.82) is 0 Å². The molecule has 2 saturated heterocycles. The molecule has 2 N–H and O–H groups in total. The number of rotatable bonds is 8. The summed E-state index contributed by atoms with van der Waals surface area (Å²) in [5.41, 5.74) is 1.69. The van der Waals surface area contributed by atoms with Gasteiger partial charge >= 0.3 is 0 Å². The molecule has 1 amide bonds. The fraction of sp³-hybridized carbons (Fsp3) is 0.414. The van der Waals surface area contributed by atoms with Crippen molar-refractivity contribution in [2.45, 2.75) is 18.9 Å². The smallest absolute Gasteiger partial charge is 0.248 e. The molecule has 3 heterocycles. The highest BCUT2D eigenvalue weighted by Crippen LogP contribution is 2.33. The number of methoxy groups -OCH3 is 1. The Balaban J connectivity index is 1.20. The van der Waals surface area contributed by atoms with E-state index in [0.717, 1.165) is 45.8 Å². The van der Waals surface area contributed by atoms with Crippen LogP contribution in [0.2, 0.25) is 5.02 Å². The molecule has 0 saturated carbocycles. The third kappa shape index (κ3) is 6.87. The molecule has 0 bridgehead atoms. The second-order valence-electron chi connectivity index (χ2n) is 10.3. The number of fused-ring (bicyclic) bond motifs is 1. The zero-order valence-corrected chi connectivity index (χ0v) is 23.6. The van der Waals surface area contributed by atoms with E-state index >= 15 is 0 Å². The standard InChI is InChI=1S/C29H35ClFN7O2/c1-36-12-14-38(15-13-36)21-7-10-37(11-8-21)9-3-4-28(39)35-26-17-22-25(18-27(26)40-2)32-19-33-29(22)34-20-5-6-24(31)23(30)16-20/h3-6,16-19,21H,7-15H2,1-2H3,(H,35,39)(H,32,33,34)/b4-3+. The summed E-state index contributed by atoms with van der Waals surface area (Å²) < 4.78 is 19.1. The molecule has 9 nitrogen and oxygen atoms in total. The van der Waals surface area contributed by atoms with E-state index in [4.69, 9.17) is 16.3 Å². The van der Waals surface area contributed by atoms with E-state index in [-0.39, 0.29) is 10.9 Å².